The molecule has 104 valence electrons. The van der Waals surface area contributed by atoms with Crippen LogP contribution < -0.4 is 0 Å². The topological polar surface area (TPSA) is 9.23 Å². The molecule has 2 unspecified atom stereocenters. The lowest BCUT2D eigenvalue weighted by molar-refractivity contribution is -0.140. The third-order valence-corrected chi connectivity index (χ3v) is 4.11. The normalized spacial score (nSPS) is 24.9. The van der Waals surface area contributed by atoms with Gasteiger partial charge >= 0.3 is 0 Å². The van der Waals surface area contributed by atoms with E-state index < -0.39 is 0 Å². The van der Waals surface area contributed by atoms with E-state index >= 15 is 0 Å². The molecule has 0 amide bonds. The largest absolute Gasteiger partial charge is 0.359 e. The molecule has 0 heterocycles. The SMILES string of the molecule is CC1c2ccccc2C1(OC(C)(C)C)c1ccccc1. The van der Waals surface area contributed by atoms with Crippen molar-refractivity contribution in [3.05, 3.63) is 71.3 Å². The van der Waals surface area contributed by atoms with Crippen molar-refractivity contribution >= 4 is 0 Å². The number of hydrogen-bond acceptors (Lipinski definition) is 1. The van der Waals surface area contributed by atoms with Crippen molar-refractivity contribution in [2.75, 3.05) is 0 Å². The first-order valence-corrected chi connectivity index (χ1v) is 7.30. The average molecular weight is 266 g/mol. The molecule has 0 aliphatic heterocycles. The summed E-state index contributed by atoms with van der Waals surface area (Å²) in [5, 5.41) is 0. The van der Waals surface area contributed by atoms with Crippen LogP contribution in [-0.2, 0) is 10.3 Å². The fourth-order valence-electron chi connectivity index (χ4n) is 3.36. The molecule has 2 aromatic rings. The summed E-state index contributed by atoms with van der Waals surface area (Å²) < 4.78 is 6.59. The van der Waals surface area contributed by atoms with E-state index in [2.05, 4.69) is 82.3 Å². The fraction of sp³-hybridized carbons (Fsp3) is 0.368. The second-order valence-electron chi connectivity index (χ2n) is 6.63. The van der Waals surface area contributed by atoms with Gasteiger partial charge in [0.15, 0.2) is 0 Å². The molecular weight excluding hydrogens is 244 g/mol. The van der Waals surface area contributed by atoms with Gasteiger partial charge in [0.25, 0.3) is 0 Å². The first-order chi connectivity index (χ1) is 9.45. The summed E-state index contributed by atoms with van der Waals surface area (Å²) in [5.41, 5.74) is 3.48. The Hall–Kier alpha value is -1.60. The Morgan fingerprint density at radius 1 is 0.900 bits per heavy atom. The highest BCUT2D eigenvalue weighted by molar-refractivity contribution is 5.54. The number of rotatable bonds is 2. The first kappa shape index (κ1) is 13.4. The quantitative estimate of drug-likeness (QED) is 0.754. The molecule has 1 heteroatoms. The van der Waals surface area contributed by atoms with Crippen LogP contribution in [0.4, 0.5) is 0 Å². The minimum absolute atomic E-state index is 0.183. The van der Waals surface area contributed by atoms with Crippen molar-refractivity contribution in [1.29, 1.82) is 0 Å². The maximum atomic E-state index is 6.59. The van der Waals surface area contributed by atoms with Gasteiger partial charge in [0.2, 0.25) is 0 Å². The van der Waals surface area contributed by atoms with Gasteiger partial charge in [-0.05, 0) is 37.5 Å². The molecule has 1 aliphatic carbocycles. The van der Waals surface area contributed by atoms with E-state index in [1.807, 2.05) is 0 Å². The van der Waals surface area contributed by atoms with Crippen LogP contribution in [0.25, 0.3) is 0 Å². The fourth-order valence-corrected chi connectivity index (χ4v) is 3.36. The van der Waals surface area contributed by atoms with Crippen LogP contribution in [-0.4, -0.2) is 5.60 Å². The van der Waals surface area contributed by atoms with Crippen LogP contribution in [0.1, 0.15) is 50.3 Å². The van der Waals surface area contributed by atoms with Gasteiger partial charge in [-0.15, -0.1) is 0 Å². The Bertz CT molecular complexity index is 609. The van der Waals surface area contributed by atoms with E-state index in [0.717, 1.165) is 0 Å². The molecule has 0 fully saturated rings. The van der Waals surface area contributed by atoms with Gasteiger partial charge in [-0.3, -0.25) is 0 Å². The number of ether oxygens (including phenoxy) is 1. The van der Waals surface area contributed by atoms with Gasteiger partial charge in [-0.2, -0.15) is 0 Å². The Morgan fingerprint density at radius 3 is 2.15 bits per heavy atom. The van der Waals surface area contributed by atoms with Crippen LogP contribution >= 0.6 is 0 Å². The molecule has 0 spiro atoms. The molecular formula is C19H22O. The molecule has 0 N–H and O–H groups in total. The number of benzene rings is 2. The molecule has 2 aromatic carbocycles. The zero-order valence-corrected chi connectivity index (χ0v) is 12.7. The molecule has 0 saturated heterocycles. The van der Waals surface area contributed by atoms with E-state index in [0.29, 0.717) is 5.92 Å². The standard InChI is InChI=1S/C19H22O/c1-14-16-12-8-9-13-17(16)19(14,20-18(2,3)4)15-10-6-5-7-11-15/h5-14H,1-4H3. The predicted molar refractivity (Wildman–Crippen MR) is 82.9 cm³/mol. The van der Waals surface area contributed by atoms with Crippen molar-refractivity contribution in [3.8, 4) is 0 Å². The molecule has 1 nitrogen and oxygen atoms in total. The lowest BCUT2D eigenvalue weighted by Gasteiger charge is -2.52. The van der Waals surface area contributed by atoms with Crippen molar-refractivity contribution in [2.24, 2.45) is 0 Å². The summed E-state index contributed by atoms with van der Waals surface area (Å²) in [6.07, 6.45) is 0. The second kappa shape index (κ2) is 4.46. The lowest BCUT2D eigenvalue weighted by atomic mass is 9.61. The Balaban J connectivity index is 2.17. The predicted octanol–water partition coefficient (Wildman–Crippen LogP) is 4.86. The third-order valence-electron chi connectivity index (χ3n) is 4.11. The monoisotopic (exact) mass is 266 g/mol. The van der Waals surface area contributed by atoms with Crippen molar-refractivity contribution in [3.63, 3.8) is 0 Å². The van der Waals surface area contributed by atoms with Crippen LogP contribution in [0.2, 0.25) is 0 Å². The van der Waals surface area contributed by atoms with Gasteiger partial charge in [0, 0.05) is 5.92 Å². The average Bonchev–Trinajstić information content (AvgIpc) is 2.44. The molecule has 2 atom stereocenters. The maximum Gasteiger partial charge on any atom is 0.126 e. The van der Waals surface area contributed by atoms with E-state index in [9.17, 15) is 0 Å². The molecule has 1 aliphatic rings. The summed E-state index contributed by atoms with van der Waals surface area (Å²) in [5.74, 6) is 0.375. The van der Waals surface area contributed by atoms with Crippen molar-refractivity contribution < 1.29 is 4.74 Å². The van der Waals surface area contributed by atoms with E-state index in [1.54, 1.807) is 0 Å². The summed E-state index contributed by atoms with van der Waals surface area (Å²) in [6, 6.07) is 19.2. The zero-order valence-electron chi connectivity index (χ0n) is 12.7. The smallest absolute Gasteiger partial charge is 0.126 e. The molecule has 0 aromatic heterocycles. The maximum absolute atomic E-state index is 6.59. The third kappa shape index (κ3) is 1.89. The number of hydrogen-bond donors (Lipinski definition) is 0. The van der Waals surface area contributed by atoms with Gasteiger partial charge in [-0.1, -0.05) is 61.5 Å². The summed E-state index contributed by atoms with van der Waals surface area (Å²) in [4.78, 5) is 0. The van der Waals surface area contributed by atoms with Crippen LogP contribution in [0, 0.1) is 0 Å². The van der Waals surface area contributed by atoms with Crippen LogP contribution in [0.5, 0.6) is 0 Å². The molecule has 0 bridgehead atoms. The van der Waals surface area contributed by atoms with Crippen molar-refractivity contribution in [2.45, 2.75) is 44.8 Å². The summed E-state index contributed by atoms with van der Waals surface area (Å²) in [7, 11) is 0. The Morgan fingerprint density at radius 2 is 1.50 bits per heavy atom. The lowest BCUT2D eigenvalue weighted by Crippen LogP contribution is -2.49. The summed E-state index contributed by atoms with van der Waals surface area (Å²) >= 11 is 0. The van der Waals surface area contributed by atoms with Crippen molar-refractivity contribution in [1.82, 2.24) is 0 Å². The highest BCUT2D eigenvalue weighted by Crippen LogP contribution is 2.57. The molecule has 0 radical (unpaired) electrons. The zero-order chi connectivity index (χ0) is 14.4. The van der Waals surface area contributed by atoms with Gasteiger partial charge < -0.3 is 4.74 Å². The van der Waals surface area contributed by atoms with E-state index in [-0.39, 0.29) is 11.2 Å². The highest BCUT2D eigenvalue weighted by Gasteiger charge is 2.53. The Kier molecular flexibility index (Phi) is 2.98. The van der Waals surface area contributed by atoms with Gasteiger partial charge in [0.1, 0.15) is 5.60 Å². The second-order valence-corrected chi connectivity index (χ2v) is 6.63. The van der Waals surface area contributed by atoms with Gasteiger partial charge in [0.05, 0.1) is 5.60 Å². The minimum atomic E-state index is -0.309. The molecule has 0 saturated carbocycles. The minimum Gasteiger partial charge on any atom is -0.359 e. The summed E-state index contributed by atoms with van der Waals surface area (Å²) in [6.45, 7) is 8.66. The molecule has 3 rings (SSSR count). The van der Waals surface area contributed by atoms with Crippen LogP contribution in [0.3, 0.4) is 0 Å². The van der Waals surface area contributed by atoms with Gasteiger partial charge in [-0.25, -0.2) is 0 Å². The van der Waals surface area contributed by atoms with Crippen LogP contribution in [0.15, 0.2) is 54.6 Å². The van der Waals surface area contributed by atoms with E-state index in [4.69, 9.17) is 4.74 Å². The van der Waals surface area contributed by atoms with E-state index in [1.165, 1.54) is 16.7 Å². The highest BCUT2D eigenvalue weighted by atomic mass is 16.5. The molecule has 20 heavy (non-hydrogen) atoms. The Labute approximate surface area is 121 Å². The number of fused-ring (bicyclic) bond motifs is 1. The first-order valence-electron chi connectivity index (χ1n) is 7.30.